The molecule has 0 bridgehead atoms. The second-order valence-corrected chi connectivity index (χ2v) is 3.96. The maximum absolute atomic E-state index is 11.5. The van der Waals surface area contributed by atoms with Crippen molar-refractivity contribution >= 4 is 17.4 Å². The lowest BCUT2D eigenvalue weighted by atomic mass is 10.4. The average molecular weight is 229 g/mol. The Balaban J connectivity index is 2.44. The summed E-state index contributed by atoms with van der Waals surface area (Å²) in [6.07, 6.45) is -0.375. The molecule has 0 aliphatic rings. The van der Waals surface area contributed by atoms with Crippen LogP contribution in [0.5, 0.6) is 0 Å². The maximum atomic E-state index is 11.5. The summed E-state index contributed by atoms with van der Waals surface area (Å²) in [5, 5.41) is 10.5. The van der Waals surface area contributed by atoms with Gasteiger partial charge in [0.25, 0.3) is 0 Å². The molecule has 0 aliphatic carbocycles. The highest BCUT2D eigenvalue weighted by Gasteiger charge is 2.13. The van der Waals surface area contributed by atoms with E-state index in [-0.39, 0.29) is 19.3 Å². The molecule has 1 rings (SSSR count). The third-order valence-electron chi connectivity index (χ3n) is 1.88. The van der Waals surface area contributed by atoms with Crippen molar-refractivity contribution < 1.29 is 14.6 Å². The summed E-state index contributed by atoms with van der Waals surface area (Å²) in [5.41, 5.74) is 0. The Morgan fingerprint density at radius 3 is 3.00 bits per heavy atom. The highest BCUT2D eigenvalue weighted by Crippen LogP contribution is 2.12. The second-order valence-electron chi connectivity index (χ2n) is 2.93. The molecule has 4 nitrogen and oxygen atoms in total. The molecule has 0 radical (unpaired) electrons. The van der Waals surface area contributed by atoms with Crippen molar-refractivity contribution in [2.24, 2.45) is 0 Å². The average Bonchev–Trinajstić information content (AvgIpc) is 2.75. The third kappa shape index (κ3) is 3.89. The standard InChI is InChI=1S/C10H15NO3S/c1-2-11(10(13)14-6-5-12)8-9-4-3-7-15-9/h3-4,7,12H,2,5-6,8H2,1H3. The number of thiophene rings is 1. The van der Waals surface area contributed by atoms with Gasteiger partial charge in [0.05, 0.1) is 13.2 Å². The molecular weight excluding hydrogens is 214 g/mol. The van der Waals surface area contributed by atoms with Crippen LogP contribution in [-0.2, 0) is 11.3 Å². The molecule has 5 heteroatoms. The number of nitrogens with zero attached hydrogens (tertiary/aromatic N) is 1. The number of carbonyl (C=O) groups is 1. The summed E-state index contributed by atoms with van der Waals surface area (Å²) in [6, 6.07) is 3.93. The monoisotopic (exact) mass is 229 g/mol. The lowest BCUT2D eigenvalue weighted by molar-refractivity contribution is 0.0839. The van der Waals surface area contributed by atoms with E-state index in [0.717, 1.165) is 4.88 Å². The Kier molecular flexibility index (Phi) is 5.14. The topological polar surface area (TPSA) is 49.8 Å². The van der Waals surface area contributed by atoms with Gasteiger partial charge in [0.1, 0.15) is 6.61 Å². The Morgan fingerprint density at radius 2 is 2.47 bits per heavy atom. The Labute approximate surface area is 93.1 Å². The smallest absolute Gasteiger partial charge is 0.410 e. The minimum absolute atomic E-state index is 0.0553. The quantitative estimate of drug-likeness (QED) is 0.836. The van der Waals surface area contributed by atoms with Gasteiger partial charge in [-0.05, 0) is 18.4 Å². The largest absolute Gasteiger partial charge is 0.447 e. The van der Waals surface area contributed by atoms with Crippen LogP contribution in [0.1, 0.15) is 11.8 Å². The molecule has 1 aromatic rings. The van der Waals surface area contributed by atoms with Crippen LogP contribution in [0.25, 0.3) is 0 Å². The summed E-state index contributed by atoms with van der Waals surface area (Å²) >= 11 is 1.61. The van der Waals surface area contributed by atoms with Crippen LogP contribution in [0.4, 0.5) is 4.79 Å². The van der Waals surface area contributed by atoms with Crippen molar-refractivity contribution in [1.82, 2.24) is 4.90 Å². The summed E-state index contributed by atoms with van der Waals surface area (Å²) < 4.78 is 4.83. The Morgan fingerprint density at radius 1 is 1.67 bits per heavy atom. The lowest BCUT2D eigenvalue weighted by Crippen LogP contribution is -2.31. The number of aliphatic hydroxyl groups excluding tert-OH is 1. The van der Waals surface area contributed by atoms with Crippen molar-refractivity contribution in [3.05, 3.63) is 22.4 Å². The molecular formula is C10H15NO3S. The van der Waals surface area contributed by atoms with Gasteiger partial charge in [-0.25, -0.2) is 4.79 Å². The number of ether oxygens (including phenoxy) is 1. The molecule has 15 heavy (non-hydrogen) atoms. The number of carbonyl (C=O) groups excluding carboxylic acids is 1. The minimum Gasteiger partial charge on any atom is -0.447 e. The molecule has 0 saturated carbocycles. The Hall–Kier alpha value is -1.07. The van der Waals surface area contributed by atoms with E-state index < -0.39 is 0 Å². The lowest BCUT2D eigenvalue weighted by Gasteiger charge is -2.19. The number of hydrogen-bond donors (Lipinski definition) is 1. The number of amides is 1. The van der Waals surface area contributed by atoms with Crippen LogP contribution in [0.2, 0.25) is 0 Å². The van der Waals surface area contributed by atoms with Gasteiger partial charge in [0.15, 0.2) is 0 Å². The molecule has 1 amide bonds. The molecule has 1 N–H and O–H groups in total. The zero-order valence-electron chi connectivity index (χ0n) is 8.68. The molecule has 0 aliphatic heterocycles. The van der Waals surface area contributed by atoms with Crippen LogP contribution in [0.15, 0.2) is 17.5 Å². The minimum atomic E-state index is -0.375. The molecule has 0 unspecified atom stereocenters. The molecule has 1 aromatic heterocycles. The molecule has 84 valence electrons. The second kappa shape index (κ2) is 6.42. The van der Waals surface area contributed by atoms with Crippen LogP contribution >= 0.6 is 11.3 Å². The summed E-state index contributed by atoms with van der Waals surface area (Å²) in [7, 11) is 0. The first-order valence-electron chi connectivity index (χ1n) is 4.83. The van der Waals surface area contributed by atoms with Gasteiger partial charge in [-0.2, -0.15) is 0 Å². The fourth-order valence-electron chi connectivity index (χ4n) is 1.12. The van der Waals surface area contributed by atoms with E-state index in [9.17, 15) is 4.79 Å². The van der Waals surface area contributed by atoms with Crippen molar-refractivity contribution in [2.45, 2.75) is 13.5 Å². The Bertz CT molecular complexity index is 287. The van der Waals surface area contributed by atoms with E-state index in [1.807, 2.05) is 24.4 Å². The van der Waals surface area contributed by atoms with Crippen LogP contribution in [0, 0.1) is 0 Å². The number of aliphatic hydroxyl groups is 1. The van der Waals surface area contributed by atoms with Gasteiger partial charge < -0.3 is 14.7 Å². The van der Waals surface area contributed by atoms with E-state index in [1.54, 1.807) is 16.2 Å². The van der Waals surface area contributed by atoms with Crippen molar-refractivity contribution in [3.63, 3.8) is 0 Å². The zero-order valence-corrected chi connectivity index (χ0v) is 9.50. The van der Waals surface area contributed by atoms with Gasteiger partial charge in [-0.3, -0.25) is 0 Å². The van der Waals surface area contributed by atoms with Gasteiger partial charge in [0.2, 0.25) is 0 Å². The highest BCUT2D eigenvalue weighted by molar-refractivity contribution is 7.09. The summed E-state index contributed by atoms with van der Waals surface area (Å²) in [5.74, 6) is 0. The van der Waals surface area contributed by atoms with Gasteiger partial charge in [-0.15, -0.1) is 11.3 Å². The molecule has 0 spiro atoms. The predicted molar refractivity (Wildman–Crippen MR) is 58.8 cm³/mol. The first-order chi connectivity index (χ1) is 7.27. The van der Waals surface area contributed by atoms with E-state index >= 15 is 0 Å². The van der Waals surface area contributed by atoms with Gasteiger partial charge >= 0.3 is 6.09 Å². The van der Waals surface area contributed by atoms with Crippen molar-refractivity contribution in [1.29, 1.82) is 0 Å². The van der Waals surface area contributed by atoms with Gasteiger partial charge in [0, 0.05) is 11.4 Å². The summed E-state index contributed by atoms with van der Waals surface area (Å²) in [4.78, 5) is 14.2. The number of rotatable bonds is 5. The van der Waals surface area contributed by atoms with Crippen molar-refractivity contribution in [3.8, 4) is 0 Å². The first kappa shape index (κ1) is 12.0. The third-order valence-corrected chi connectivity index (χ3v) is 2.74. The first-order valence-corrected chi connectivity index (χ1v) is 5.70. The molecule has 1 heterocycles. The molecule has 0 atom stereocenters. The van der Waals surface area contributed by atoms with Crippen LogP contribution in [-0.4, -0.2) is 35.9 Å². The van der Waals surface area contributed by atoms with E-state index in [1.165, 1.54) is 0 Å². The molecule has 0 saturated heterocycles. The van der Waals surface area contributed by atoms with E-state index in [0.29, 0.717) is 13.1 Å². The van der Waals surface area contributed by atoms with Crippen LogP contribution in [0.3, 0.4) is 0 Å². The normalized spacial score (nSPS) is 10.0. The van der Waals surface area contributed by atoms with E-state index in [4.69, 9.17) is 9.84 Å². The maximum Gasteiger partial charge on any atom is 0.410 e. The predicted octanol–water partition coefficient (Wildman–Crippen LogP) is 1.70. The SMILES string of the molecule is CCN(Cc1cccs1)C(=O)OCCO. The fraction of sp³-hybridized carbons (Fsp3) is 0.500. The number of hydrogen-bond acceptors (Lipinski definition) is 4. The fourth-order valence-corrected chi connectivity index (χ4v) is 1.84. The highest BCUT2D eigenvalue weighted by atomic mass is 32.1. The van der Waals surface area contributed by atoms with Crippen LogP contribution < -0.4 is 0 Å². The summed E-state index contributed by atoms with van der Waals surface area (Å²) in [6.45, 7) is 2.98. The molecule has 0 aromatic carbocycles. The van der Waals surface area contributed by atoms with Crippen molar-refractivity contribution in [2.75, 3.05) is 19.8 Å². The zero-order chi connectivity index (χ0) is 11.1. The van der Waals surface area contributed by atoms with Gasteiger partial charge in [-0.1, -0.05) is 6.07 Å². The van der Waals surface area contributed by atoms with E-state index in [2.05, 4.69) is 0 Å². The molecule has 0 fully saturated rings.